The van der Waals surface area contributed by atoms with E-state index in [0.717, 1.165) is 50.5 Å². The zero-order valence-electron chi connectivity index (χ0n) is 12.1. The number of carboxylic acids is 1. The van der Waals surface area contributed by atoms with Crippen molar-refractivity contribution in [2.75, 3.05) is 6.61 Å². The Kier molecular flexibility index (Phi) is 5.68. The predicted octanol–water partition coefficient (Wildman–Crippen LogP) is 3.86. The first-order valence-corrected chi connectivity index (χ1v) is 8.05. The molecule has 3 heteroatoms. The molecule has 0 saturated heterocycles. The third kappa shape index (κ3) is 4.20. The molecular weight excluding hydrogens is 240 g/mol. The van der Waals surface area contributed by atoms with Crippen LogP contribution in [-0.2, 0) is 9.53 Å². The van der Waals surface area contributed by atoms with Gasteiger partial charge in [-0.2, -0.15) is 0 Å². The van der Waals surface area contributed by atoms with Gasteiger partial charge in [-0.15, -0.1) is 0 Å². The second-order valence-corrected chi connectivity index (χ2v) is 6.36. The first-order valence-electron chi connectivity index (χ1n) is 8.05. The van der Waals surface area contributed by atoms with Crippen molar-refractivity contribution in [3.05, 3.63) is 0 Å². The van der Waals surface area contributed by atoms with Crippen LogP contribution in [0.15, 0.2) is 0 Å². The van der Waals surface area contributed by atoms with Gasteiger partial charge in [-0.1, -0.05) is 6.92 Å². The number of hydrogen-bond acceptors (Lipinski definition) is 2. The van der Waals surface area contributed by atoms with Crippen LogP contribution in [0.5, 0.6) is 0 Å². The summed E-state index contributed by atoms with van der Waals surface area (Å²) in [5, 5.41) is 9.04. The van der Waals surface area contributed by atoms with Crippen molar-refractivity contribution in [1.82, 2.24) is 0 Å². The topological polar surface area (TPSA) is 46.5 Å². The number of ether oxygens (including phenoxy) is 1. The van der Waals surface area contributed by atoms with Gasteiger partial charge in [0.15, 0.2) is 0 Å². The van der Waals surface area contributed by atoms with E-state index in [-0.39, 0.29) is 5.92 Å². The molecule has 0 radical (unpaired) electrons. The number of carbonyl (C=O) groups is 1. The summed E-state index contributed by atoms with van der Waals surface area (Å²) < 4.78 is 5.84. The molecule has 2 aliphatic carbocycles. The Bertz CT molecular complexity index is 274. The van der Waals surface area contributed by atoms with Gasteiger partial charge in [-0.05, 0) is 69.6 Å². The lowest BCUT2D eigenvalue weighted by Crippen LogP contribution is -2.30. The Labute approximate surface area is 116 Å². The third-order valence-corrected chi connectivity index (χ3v) is 5.06. The van der Waals surface area contributed by atoms with Crippen molar-refractivity contribution >= 4 is 5.97 Å². The average Bonchev–Trinajstić information content (AvgIpc) is 2.46. The lowest BCUT2D eigenvalue weighted by atomic mass is 9.70. The lowest BCUT2D eigenvalue weighted by molar-refractivity contribution is -0.143. The normalized spacial score (nSPS) is 36.1. The van der Waals surface area contributed by atoms with Gasteiger partial charge >= 0.3 is 5.97 Å². The number of hydrogen-bond donors (Lipinski definition) is 1. The van der Waals surface area contributed by atoms with Crippen LogP contribution in [0.25, 0.3) is 0 Å². The molecule has 0 atom stereocenters. The first-order chi connectivity index (χ1) is 9.20. The predicted molar refractivity (Wildman–Crippen MR) is 75.1 cm³/mol. The average molecular weight is 268 g/mol. The molecule has 2 fully saturated rings. The van der Waals surface area contributed by atoms with Gasteiger partial charge in [0.2, 0.25) is 0 Å². The van der Waals surface area contributed by atoms with E-state index in [1.165, 1.54) is 25.7 Å². The fraction of sp³-hybridized carbons (Fsp3) is 0.938. The highest BCUT2D eigenvalue weighted by molar-refractivity contribution is 5.69. The lowest BCUT2D eigenvalue weighted by Gasteiger charge is -2.37. The molecule has 0 aromatic rings. The Hall–Kier alpha value is -0.570. The van der Waals surface area contributed by atoms with Gasteiger partial charge in [0.1, 0.15) is 0 Å². The van der Waals surface area contributed by atoms with Crippen molar-refractivity contribution in [3.8, 4) is 0 Å². The molecule has 0 heterocycles. The summed E-state index contributed by atoms with van der Waals surface area (Å²) in [5.74, 6) is 0.953. The first kappa shape index (κ1) is 14.8. The van der Waals surface area contributed by atoms with E-state index < -0.39 is 5.97 Å². The summed E-state index contributed by atoms with van der Waals surface area (Å²) in [5.41, 5.74) is 0. The molecule has 0 aromatic heterocycles. The smallest absolute Gasteiger partial charge is 0.306 e. The minimum atomic E-state index is -0.588. The van der Waals surface area contributed by atoms with E-state index in [1.807, 2.05) is 0 Å². The van der Waals surface area contributed by atoms with Crippen molar-refractivity contribution in [3.63, 3.8) is 0 Å². The van der Waals surface area contributed by atoms with Crippen molar-refractivity contribution in [1.29, 1.82) is 0 Å². The molecule has 0 bridgehead atoms. The fourth-order valence-electron chi connectivity index (χ4n) is 3.85. The monoisotopic (exact) mass is 268 g/mol. The molecular formula is C16H28O3. The minimum absolute atomic E-state index is 0.0690. The molecule has 1 N–H and O–H groups in total. The van der Waals surface area contributed by atoms with Gasteiger partial charge < -0.3 is 9.84 Å². The van der Waals surface area contributed by atoms with E-state index in [4.69, 9.17) is 9.84 Å². The van der Waals surface area contributed by atoms with Crippen LogP contribution >= 0.6 is 0 Å². The van der Waals surface area contributed by atoms with Crippen LogP contribution in [-0.4, -0.2) is 23.8 Å². The van der Waals surface area contributed by atoms with Crippen molar-refractivity contribution < 1.29 is 14.6 Å². The summed E-state index contributed by atoms with van der Waals surface area (Å²) in [4.78, 5) is 11.0. The number of carboxylic acid groups (broad SMARTS) is 1. The van der Waals surface area contributed by atoms with Gasteiger partial charge in [0.25, 0.3) is 0 Å². The maximum atomic E-state index is 11.0. The molecule has 0 aromatic carbocycles. The fourth-order valence-corrected chi connectivity index (χ4v) is 3.85. The molecule has 0 unspecified atom stereocenters. The number of aliphatic carboxylic acids is 1. The molecule has 2 aliphatic rings. The van der Waals surface area contributed by atoms with Gasteiger partial charge in [-0.3, -0.25) is 4.79 Å². The van der Waals surface area contributed by atoms with Crippen molar-refractivity contribution in [2.45, 2.75) is 70.8 Å². The van der Waals surface area contributed by atoms with Gasteiger partial charge in [0.05, 0.1) is 12.0 Å². The van der Waals surface area contributed by atoms with Gasteiger partial charge in [0, 0.05) is 6.61 Å². The van der Waals surface area contributed by atoms with Gasteiger partial charge in [-0.25, -0.2) is 0 Å². The summed E-state index contributed by atoms with van der Waals surface area (Å²) in [6.45, 7) is 3.06. The van der Waals surface area contributed by atoms with E-state index in [1.54, 1.807) is 0 Å². The van der Waals surface area contributed by atoms with E-state index in [2.05, 4.69) is 6.92 Å². The maximum Gasteiger partial charge on any atom is 0.306 e. The molecule has 2 rings (SSSR count). The molecule has 0 amide bonds. The SMILES string of the molecule is CCCOC1CCC(C2CCC(C(=O)O)CC2)CC1. The molecule has 19 heavy (non-hydrogen) atoms. The summed E-state index contributed by atoms with van der Waals surface area (Å²) in [7, 11) is 0. The molecule has 0 aliphatic heterocycles. The zero-order valence-corrected chi connectivity index (χ0v) is 12.1. The molecule has 3 nitrogen and oxygen atoms in total. The second kappa shape index (κ2) is 7.28. The molecule has 2 saturated carbocycles. The highest BCUT2D eigenvalue weighted by Gasteiger charge is 2.32. The Morgan fingerprint density at radius 3 is 2.00 bits per heavy atom. The van der Waals surface area contributed by atoms with E-state index in [0.29, 0.717) is 6.10 Å². The standard InChI is InChI=1S/C16H28O3/c1-2-11-19-15-9-7-13(8-10-15)12-3-5-14(6-4-12)16(17)18/h12-15H,2-11H2,1H3,(H,17,18). The second-order valence-electron chi connectivity index (χ2n) is 6.36. The quantitative estimate of drug-likeness (QED) is 0.823. The maximum absolute atomic E-state index is 11.0. The summed E-state index contributed by atoms with van der Waals surface area (Å²) in [6.07, 6.45) is 10.6. The van der Waals surface area contributed by atoms with E-state index >= 15 is 0 Å². The van der Waals surface area contributed by atoms with Crippen LogP contribution in [0.4, 0.5) is 0 Å². The Balaban J connectivity index is 1.69. The van der Waals surface area contributed by atoms with Crippen LogP contribution < -0.4 is 0 Å². The molecule has 0 spiro atoms. The van der Waals surface area contributed by atoms with E-state index in [9.17, 15) is 4.79 Å². The molecule has 110 valence electrons. The summed E-state index contributed by atoms with van der Waals surface area (Å²) in [6, 6.07) is 0. The van der Waals surface area contributed by atoms with Crippen LogP contribution in [0.2, 0.25) is 0 Å². The number of rotatable bonds is 5. The van der Waals surface area contributed by atoms with Crippen LogP contribution in [0.1, 0.15) is 64.7 Å². The third-order valence-electron chi connectivity index (χ3n) is 5.06. The Morgan fingerprint density at radius 1 is 1.00 bits per heavy atom. The Morgan fingerprint density at radius 2 is 1.53 bits per heavy atom. The highest BCUT2D eigenvalue weighted by Crippen LogP contribution is 2.40. The largest absolute Gasteiger partial charge is 0.481 e. The highest BCUT2D eigenvalue weighted by atomic mass is 16.5. The van der Waals surface area contributed by atoms with Crippen LogP contribution in [0.3, 0.4) is 0 Å². The van der Waals surface area contributed by atoms with Crippen molar-refractivity contribution in [2.24, 2.45) is 17.8 Å². The van der Waals surface area contributed by atoms with Crippen LogP contribution in [0, 0.1) is 17.8 Å². The summed E-state index contributed by atoms with van der Waals surface area (Å²) >= 11 is 0. The zero-order chi connectivity index (χ0) is 13.7. The minimum Gasteiger partial charge on any atom is -0.481 e.